The van der Waals surface area contributed by atoms with E-state index in [-0.39, 0.29) is 58.4 Å². The van der Waals surface area contributed by atoms with Gasteiger partial charge in [-0.15, -0.1) is 0 Å². The SMILES string of the molecule is O.O.O.O.O.O=P(O)(O)OCC(O)CO.[H-].[Na+]. The van der Waals surface area contributed by atoms with E-state index >= 15 is 0 Å². The first-order chi connectivity index (χ1) is 4.45. The van der Waals surface area contributed by atoms with E-state index in [1.54, 1.807) is 0 Å². The minimum atomic E-state index is -4.50. The summed E-state index contributed by atoms with van der Waals surface area (Å²) in [5, 5.41) is 16.7. The zero-order valence-corrected chi connectivity index (χ0v) is 11.4. The van der Waals surface area contributed by atoms with Gasteiger partial charge in [-0.3, -0.25) is 4.52 Å². The fraction of sp³-hybridized carbons (Fsp3) is 1.00. The predicted octanol–water partition coefficient (Wildman–Crippen LogP) is -8.56. The van der Waals surface area contributed by atoms with Gasteiger partial charge in [0.1, 0.15) is 6.10 Å². The number of phosphoric acid groups is 1. The minimum absolute atomic E-state index is 0. The predicted molar refractivity (Wildman–Crippen MR) is 50.3 cm³/mol. The van der Waals surface area contributed by atoms with E-state index in [1.807, 2.05) is 0 Å². The second-order valence-corrected chi connectivity index (χ2v) is 2.86. The Morgan fingerprint density at radius 2 is 1.44 bits per heavy atom. The van der Waals surface area contributed by atoms with Crippen molar-refractivity contribution in [2.75, 3.05) is 13.2 Å². The van der Waals surface area contributed by atoms with Gasteiger partial charge in [0.05, 0.1) is 13.2 Å². The standard InChI is InChI=1S/C3H9O6P.Na.5H2O.H/c4-1-3(5)2-9-10(6,7)8;;;;;;;/h3-5H,1-2H2,(H2,6,7,8);;5*1H2;/q;+1;;;;;;-1. The molecule has 14 N–H and O–H groups in total. The Morgan fingerprint density at radius 3 is 1.62 bits per heavy atom. The number of hydrogen-bond donors (Lipinski definition) is 4. The molecule has 0 fully saturated rings. The second-order valence-electron chi connectivity index (χ2n) is 1.62. The van der Waals surface area contributed by atoms with Crippen LogP contribution in [0.15, 0.2) is 0 Å². The summed E-state index contributed by atoms with van der Waals surface area (Å²) in [6, 6.07) is 0. The Labute approximate surface area is 115 Å². The van der Waals surface area contributed by atoms with Crippen molar-refractivity contribution in [1.29, 1.82) is 0 Å². The summed E-state index contributed by atoms with van der Waals surface area (Å²) in [4.78, 5) is 16.1. The number of phosphoric ester groups is 1. The van der Waals surface area contributed by atoms with Gasteiger partial charge in [-0.1, -0.05) is 0 Å². The first kappa shape index (κ1) is 43.6. The van der Waals surface area contributed by atoms with Crippen LogP contribution >= 0.6 is 7.82 Å². The van der Waals surface area contributed by atoms with Crippen LogP contribution in [0.2, 0.25) is 0 Å². The molecule has 11 nitrogen and oxygen atoms in total. The maximum atomic E-state index is 9.93. The Hall–Kier alpha value is 0.830. The molecule has 1 atom stereocenters. The fourth-order valence-electron chi connectivity index (χ4n) is 0.236. The van der Waals surface area contributed by atoms with Crippen LogP contribution in [0.25, 0.3) is 0 Å². The van der Waals surface area contributed by atoms with Gasteiger partial charge in [0.15, 0.2) is 0 Å². The average molecular weight is 286 g/mol. The Balaban J connectivity index is -0.0000000193. The largest absolute Gasteiger partial charge is 1.00 e. The smallest absolute Gasteiger partial charge is 1.00 e. The summed E-state index contributed by atoms with van der Waals surface area (Å²) < 4.78 is 13.8. The van der Waals surface area contributed by atoms with Crippen LogP contribution in [0.4, 0.5) is 0 Å². The molecule has 0 radical (unpaired) electrons. The average Bonchev–Trinajstić information content (AvgIpc) is 1.81. The molecule has 0 aliphatic carbocycles. The van der Waals surface area contributed by atoms with E-state index in [4.69, 9.17) is 20.0 Å². The van der Waals surface area contributed by atoms with Gasteiger partial charge in [-0.05, 0) is 0 Å². The van der Waals surface area contributed by atoms with Gasteiger partial charge in [0.25, 0.3) is 0 Å². The molecular weight excluding hydrogens is 266 g/mol. The van der Waals surface area contributed by atoms with Gasteiger partial charge in [-0.25, -0.2) is 4.57 Å². The van der Waals surface area contributed by atoms with Crippen LogP contribution in [-0.2, 0) is 9.09 Å². The van der Waals surface area contributed by atoms with Gasteiger partial charge >= 0.3 is 37.4 Å². The van der Waals surface area contributed by atoms with Crippen molar-refractivity contribution in [3.8, 4) is 0 Å². The third-order valence-corrected chi connectivity index (χ3v) is 1.13. The molecule has 0 spiro atoms. The molecule has 0 aliphatic rings. The van der Waals surface area contributed by atoms with Crippen LogP contribution in [-0.4, -0.2) is 66.7 Å². The summed E-state index contributed by atoms with van der Waals surface area (Å²) in [5.74, 6) is 0. The van der Waals surface area contributed by atoms with E-state index in [2.05, 4.69) is 4.52 Å². The van der Waals surface area contributed by atoms with Gasteiger partial charge in [0.2, 0.25) is 0 Å². The maximum Gasteiger partial charge on any atom is 1.00 e. The minimum Gasteiger partial charge on any atom is -1.00 e. The zero-order valence-electron chi connectivity index (χ0n) is 9.54. The molecule has 0 aliphatic heterocycles. The van der Waals surface area contributed by atoms with Crippen molar-refractivity contribution in [2.24, 2.45) is 0 Å². The molecule has 0 rings (SSSR count). The van der Waals surface area contributed by atoms with Crippen molar-refractivity contribution < 1.29 is 87.5 Å². The van der Waals surface area contributed by atoms with Crippen molar-refractivity contribution in [3.63, 3.8) is 0 Å². The molecule has 104 valence electrons. The third kappa shape index (κ3) is 36.4. The molecule has 0 amide bonds. The van der Waals surface area contributed by atoms with Gasteiger partial charge in [0, 0.05) is 0 Å². The monoisotopic (exact) mass is 286 g/mol. The third-order valence-electron chi connectivity index (χ3n) is 0.646. The normalized spacial score (nSPS) is 9.50. The molecule has 0 saturated carbocycles. The van der Waals surface area contributed by atoms with Crippen LogP contribution in [0.5, 0.6) is 0 Å². The van der Waals surface area contributed by atoms with Crippen molar-refractivity contribution in [3.05, 3.63) is 0 Å². The Bertz CT molecular complexity index is 143. The molecular formula is C3H20NaO11P. The van der Waals surface area contributed by atoms with Crippen molar-refractivity contribution in [1.82, 2.24) is 0 Å². The Morgan fingerprint density at radius 1 is 1.12 bits per heavy atom. The summed E-state index contributed by atoms with van der Waals surface area (Å²) in [7, 11) is -4.50. The zero-order chi connectivity index (χ0) is 8.20. The first-order valence-electron chi connectivity index (χ1n) is 2.44. The molecule has 0 aromatic rings. The molecule has 0 bridgehead atoms. The van der Waals surface area contributed by atoms with Crippen LogP contribution in [0.3, 0.4) is 0 Å². The number of aliphatic hydroxyl groups is 2. The van der Waals surface area contributed by atoms with Crippen molar-refractivity contribution >= 4 is 7.82 Å². The Kier molecular flexibility index (Phi) is 57.7. The van der Waals surface area contributed by atoms with Gasteiger partial charge < -0.3 is 48.8 Å². The van der Waals surface area contributed by atoms with E-state index in [0.29, 0.717) is 0 Å². The summed E-state index contributed by atoms with van der Waals surface area (Å²) >= 11 is 0. The van der Waals surface area contributed by atoms with Crippen LogP contribution in [0, 0.1) is 0 Å². The number of aliphatic hydroxyl groups excluding tert-OH is 2. The first-order valence-corrected chi connectivity index (χ1v) is 3.98. The van der Waals surface area contributed by atoms with Crippen LogP contribution < -0.4 is 29.6 Å². The molecule has 0 aromatic carbocycles. The van der Waals surface area contributed by atoms with Gasteiger partial charge in [-0.2, -0.15) is 0 Å². The molecule has 0 heterocycles. The summed E-state index contributed by atoms with van der Waals surface area (Å²) in [6.07, 6.45) is -1.24. The second kappa shape index (κ2) is 21.1. The van der Waals surface area contributed by atoms with E-state index in [1.165, 1.54) is 0 Å². The van der Waals surface area contributed by atoms with E-state index in [9.17, 15) is 4.57 Å². The number of rotatable bonds is 4. The van der Waals surface area contributed by atoms with E-state index < -0.39 is 27.1 Å². The summed E-state index contributed by atoms with van der Waals surface area (Å²) in [6.45, 7) is -1.15. The molecule has 16 heavy (non-hydrogen) atoms. The molecule has 1 unspecified atom stereocenters. The summed E-state index contributed by atoms with van der Waals surface area (Å²) in [5.41, 5.74) is 0. The number of hydrogen-bond acceptors (Lipinski definition) is 4. The quantitative estimate of drug-likeness (QED) is 0.287. The molecule has 13 heteroatoms. The van der Waals surface area contributed by atoms with Crippen LogP contribution in [0.1, 0.15) is 1.43 Å². The fourth-order valence-corrected chi connectivity index (χ4v) is 0.602. The van der Waals surface area contributed by atoms with Crippen molar-refractivity contribution in [2.45, 2.75) is 6.10 Å². The van der Waals surface area contributed by atoms with E-state index in [0.717, 1.165) is 0 Å². The molecule has 0 aromatic heterocycles. The molecule has 0 saturated heterocycles. The maximum absolute atomic E-state index is 9.93. The topological polar surface area (TPSA) is 265 Å².